The van der Waals surface area contributed by atoms with Crippen LogP contribution in [-0.2, 0) is 11.4 Å². The Morgan fingerprint density at radius 1 is 1.12 bits per heavy atom. The molecule has 0 aromatic heterocycles. The summed E-state index contributed by atoms with van der Waals surface area (Å²) in [5.41, 5.74) is 2.12. The third-order valence-electron chi connectivity index (χ3n) is 4.75. The SMILES string of the molecule is COc1cc(/C=C2/SC(=Nc3ccccc3Cl)NC2=O)ccc1OCc1ccc([N+](=O)[O-])cc1. The number of nitro groups is 1. The summed E-state index contributed by atoms with van der Waals surface area (Å²) in [6, 6.07) is 18.6. The van der Waals surface area contributed by atoms with Gasteiger partial charge in [-0.3, -0.25) is 14.9 Å². The number of ether oxygens (including phenoxy) is 2. The zero-order valence-electron chi connectivity index (χ0n) is 17.9. The number of carbonyl (C=O) groups is 1. The van der Waals surface area contributed by atoms with Gasteiger partial charge in [-0.1, -0.05) is 29.8 Å². The third-order valence-corrected chi connectivity index (χ3v) is 5.98. The van der Waals surface area contributed by atoms with Crippen molar-refractivity contribution in [2.75, 3.05) is 7.11 Å². The molecule has 1 aliphatic heterocycles. The molecule has 1 amide bonds. The number of aliphatic imine (C=N–C) groups is 1. The van der Waals surface area contributed by atoms with Gasteiger partial charge in [-0.15, -0.1) is 0 Å². The highest BCUT2D eigenvalue weighted by atomic mass is 35.5. The smallest absolute Gasteiger partial charge is 0.269 e. The molecule has 0 radical (unpaired) electrons. The maximum Gasteiger partial charge on any atom is 0.269 e. The Labute approximate surface area is 204 Å². The van der Waals surface area contributed by atoms with Crippen molar-refractivity contribution in [3.05, 3.63) is 97.9 Å². The summed E-state index contributed by atoms with van der Waals surface area (Å²) in [4.78, 5) is 27.6. The minimum atomic E-state index is -0.449. The number of thioether (sulfide) groups is 1. The minimum absolute atomic E-state index is 0.0209. The molecule has 0 bridgehead atoms. The minimum Gasteiger partial charge on any atom is -0.493 e. The van der Waals surface area contributed by atoms with E-state index in [1.54, 1.807) is 48.5 Å². The fourth-order valence-electron chi connectivity index (χ4n) is 3.05. The molecule has 1 fully saturated rings. The highest BCUT2D eigenvalue weighted by Crippen LogP contribution is 2.33. The molecule has 0 atom stereocenters. The number of amides is 1. The topological polar surface area (TPSA) is 103 Å². The van der Waals surface area contributed by atoms with Gasteiger partial charge in [0.05, 0.1) is 27.6 Å². The van der Waals surface area contributed by atoms with E-state index in [1.807, 2.05) is 12.1 Å². The summed E-state index contributed by atoms with van der Waals surface area (Å²) < 4.78 is 11.3. The molecule has 10 heteroatoms. The molecule has 1 heterocycles. The lowest BCUT2D eigenvalue weighted by molar-refractivity contribution is -0.384. The molecule has 3 aromatic rings. The summed E-state index contributed by atoms with van der Waals surface area (Å²) in [6.45, 7) is 0.217. The van der Waals surface area contributed by atoms with Crippen molar-refractivity contribution in [2.45, 2.75) is 6.61 Å². The van der Waals surface area contributed by atoms with Gasteiger partial charge in [-0.05, 0) is 65.4 Å². The van der Waals surface area contributed by atoms with Crippen LogP contribution in [0.4, 0.5) is 11.4 Å². The molecule has 1 aliphatic rings. The molecule has 1 saturated heterocycles. The predicted octanol–water partition coefficient (Wildman–Crippen LogP) is 5.73. The summed E-state index contributed by atoms with van der Waals surface area (Å²) in [5, 5.41) is 14.5. The van der Waals surface area contributed by atoms with E-state index >= 15 is 0 Å². The van der Waals surface area contributed by atoms with Crippen molar-refractivity contribution in [3.63, 3.8) is 0 Å². The molecule has 4 rings (SSSR count). The van der Waals surface area contributed by atoms with Crippen molar-refractivity contribution < 1.29 is 19.2 Å². The molecule has 1 N–H and O–H groups in total. The lowest BCUT2D eigenvalue weighted by atomic mass is 10.2. The van der Waals surface area contributed by atoms with Gasteiger partial charge in [0.25, 0.3) is 11.6 Å². The first-order valence-corrected chi connectivity index (χ1v) is 11.2. The third kappa shape index (κ3) is 5.56. The molecule has 34 heavy (non-hydrogen) atoms. The molecular weight excluding hydrogens is 478 g/mol. The molecule has 3 aromatic carbocycles. The molecule has 172 valence electrons. The van der Waals surface area contributed by atoms with Gasteiger partial charge in [0.15, 0.2) is 16.7 Å². The first-order valence-electron chi connectivity index (χ1n) is 10.0. The number of methoxy groups -OCH3 is 1. The molecule has 8 nitrogen and oxygen atoms in total. The zero-order valence-corrected chi connectivity index (χ0v) is 19.4. The number of nitrogens with one attached hydrogen (secondary N) is 1. The molecule has 0 unspecified atom stereocenters. The highest BCUT2D eigenvalue weighted by Gasteiger charge is 2.24. The maximum absolute atomic E-state index is 12.4. The average Bonchev–Trinajstić information content (AvgIpc) is 3.18. The van der Waals surface area contributed by atoms with Crippen molar-refractivity contribution >= 4 is 51.9 Å². The number of rotatable bonds is 7. The quantitative estimate of drug-likeness (QED) is 0.255. The zero-order chi connectivity index (χ0) is 24.1. The summed E-state index contributed by atoms with van der Waals surface area (Å²) in [6.07, 6.45) is 1.73. The van der Waals surface area contributed by atoms with Crippen molar-refractivity contribution in [1.29, 1.82) is 0 Å². The predicted molar refractivity (Wildman–Crippen MR) is 133 cm³/mol. The van der Waals surface area contributed by atoms with E-state index in [2.05, 4.69) is 10.3 Å². The molecule has 0 spiro atoms. The Hall–Kier alpha value is -3.82. The number of non-ortho nitro benzene ring substituents is 1. The fraction of sp³-hybridized carbons (Fsp3) is 0.0833. The van der Waals surface area contributed by atoms with E-state index in [9.17, 15) is 14.9 Å². The van der Waals surface area contributed by atoms with Crippen LogP contribution >= 0.6 is 23.4 Å². The van der Waals surface area contributed by atoms with Gasteiger partial charge >= 0.3 is 0 Å². The van der Waals surface area contributed by atoms with Gasteiger partial charge in [0, 0.05) is 12.1 Å². The van der Waals surface area contributed by atoms with Crippen LogP contribution in [0.1, 0.15) is 11.1 Å². The summed E-state index contributed by atoms with van der Waals surface area (Å²) in [7, 11) is 1.52. The van der Waals surface area contributed by atoms with Crippen molar-refractivity contribution in [3.8, 4) is 11.5 Å². The number of nitro benzene ring substituents is 1. The second-order valence-corrected chi connectivity index (χ2v) is 8.49. The Kier molecular flexibility index (Phi) is 7.15. The van der Waals surface area contributed by atoms with Gasteiger partial charge < -0.3 is 14.8 Å². The van der Waals surface area contributed by atoms with Crippen molar-refractivity contribution in [1.82, 2.24) is 5.32 Å². The second-order valence-electron chi connectivity index (χ2n) is 7.06. The van der Waals surface area contributed by atoms with Crippen LogP contribution in [-0.4, -0.2) is 23.1 Å². The Morgan fingerprint density at radius 3 is 2.59 bits per heavy atom. The Morgan fingerprint density at radius 2 is 1.88 bits per heavy atom. The number of nitrogens with zero attached hydrogens (tertiary/aromatic N) is 2. The van der Waals surface area contributed by atoms with E-state index in [-0.39, 0.29) is 18.2 Å². The molecule has 0 saturated carbocycles. The first kappa shape index (κ1) is 23.3. The normalized spacial score (nSPS) is 15.4. The highest BCUT2D eigenvalue weighted by molar-refractivity contribution is 8.18. The van der Waals surface area contributed by atoms with Crippen LogP contribution in [0.2, 0.25) is 5.02 Å². The standard InChI is InChI=1S/C24H18ClN3O5S/c1-32-21-12-16(8-11-20(21)33-14-15-6-9-17(10-7-15)28(30)31)13-22-23(29)27-24(34-22)26-19-5-3-2-4-18(19)25/h2-13H,14H2,1H3,(H,26,27,29)/b22-13+. The number of para-hydroxylation sites is 1. The number of hydrogen-bond acceptors (Lipinski definition) is 7. The van der Waals surface area contributed by atoms with Gasteiger partial charge in [-0.25, -0.2) is 4.99 Å². The number of amidine groups is 1. The van der Waals surface area contributed by atoms with Gasteiger partial charge in [0.2, 0.25) is 0 Å². The monoisotopic (exact) mass is 495 g/mol. The number of benzene rings is 3. The van der Waals surface area contributed by atoms with Crippen LogP contribution in [0.5, 0.6) is 11.5 Å². The van der Waals surface area contributed by atoms with Gasteiger partial charge in [0.1, 0.15) is 6.61 Å². The Bertz CT molecular complexity index is 1310. The lowest BCUT2D eigenvalue weighted by Gasteiger charge is -2.11. The van der Waals surface area contributed by atoms with Crippen LogP contribution in [0.15, 0.2) is 76.6 Å². The summed E-state index contributed by atoms with van der Waals surface area (Å²) >= 11 is 7.36. The van der Waals surface area contributed by atoms with Crippen molar-refractivity contribution in [2.24, 2.45) is 4.99 Å². The first-order chi connectivity index (χ1) is 16.4. The average molecular weight is 496 g/mol. The summed E-state index contributed by atoms with van der Waals surface area (Å²) in [5.74, 6) is 0.741. The number of halogens is 1. The largest absolute Gasteiger partial charge is 0.493 e. The van der Waals surface area contributed by atoms with E-state index < -0.39 is 4.92 Å². The molecular formula is C24H18ClN3O5S. The van der Waals surface area contributed by atoms with E-state index in [0.29, 0.717) is 32.3 Å². The lowest BCUT2D eigenvalue weighted by Crippen LogP contribution is -2.19. The van der Waals surface area contributed by atoms with E-state index in [0.717, 1.165) is 11.1 Å². The fourth-order valence-corrected chi connectivity index (χ4v) is 4.06. The van der Waals surface area contributed by atoms with Crippen LogP contribution < -0.4 is 14.8 Å². The van der Waals surface area contributed by atoms with Gasteiger partial charge in [-0.2, -0.15) is 0 Å². The van der Waals surface area contributed by atoms with Crippen LogP contribution in [0.3, 0.4) is 0 Å². The van der Waals surface area contributed by atoms with E-state index in [1.165, 1.54) is 31.0 Å². The second kappa shape index (κ2) is 10.4. The number of carbonyl (C=O) groups excluding carboxylic acids is 1. The number of hydrogen-bond donors (Lipinski definition) is 1. The van der Waals surface area contributed by atoms with Crippen LogP contribution in [0.25, 0.3) is 6.08 Å². The van der Waals surface area contributed by atoms with E-state index in [4.69, 9.17) is 21.1 Å². The molecule has 0 aliphatic carbocycles. The van der Waals surface area contributed by atoms with Crippen LogP contribution in [0, 0.1) is 10.1 Å². The Balaban J connectivity index is 1.47. The maximum atomic E-state index is 12.4.